The van der Waals surface area contributed by atoms with Gasteiger partial charge in [0.2, 0.25) is 0 Å². The molecule has 7 heteroatoms. The van der Waals surface area contributed by atoms with E-state index in [1.807, 2.05) is 0 Å². The molecule has 0 spiro atoms. The topological polar surface area (TPSA) is 82.5 Å². The third-order valence-electron chi connectivity index (χ3n) is 4.14. The summed E-state index contributed by atoms with van der Waals surface area (Å²) in [6.45, 7) is 0.645. The number of amides is 1. The van der Waals surface area contributed by atoms with Crippen molar-refractivity contribution in [3.05, 3.63) is 51.9 Å². The van der Waals surface area contributed by atoms with Crippen molar-refractivity contribution in [3.63, 3.8) is 0 Å². The molecular weight excluding hydrogens is 322 g/mol. The van der Waals surface area contributed by atoms with Crippen molar-refractivity contribution < 1.29 is 14.3 Å². The summed E-state index contributed by atoms with van der Waals surface area (Å²) in [6.07, 6.45) is 2.25. The van der Waals surface area contributed by atoms with Gasteiger partial charge in [-0.3, -0.25) is 9.59 Å². The van der Waals surface area contributed by atoms with E-state index in [1.54, 1.807) is 24.3 Å². The highest BCUT2D eigenvalue weighted by atomic mass is 16.5. The van der Waals surface area contributed by atoms with Crippen LogP contribution in [0.1, 0.15) is 34.8 Å². The molecular formula is C18H21N3O4. The molecule has 0 radical (unpaired) electrons. The summed E-state index contributed by atoms with van der Waals surface area (Å²) >= 11 is 0. The van der Waals surface area contributed by atoms with Crippen molar-refractivity contribution in [2.24, 2.45) is 0 Å². The van der Waals surface area contributed by atoms with Gasteiger partial charge in [0.05, 0.1) is 26.5 Å². The quantitative estimate of drug-likeness (QED) is 0.825. The predicted molar refractivity (Wildman–Crippen MR) is 92.4 cm³/mol. The first-order valence-corrected chi connectivity index (χ1v) is 8.20. The number of aromatic nitrogens is 2. The Morgan fingerprint density at radius 3 is 2.64 bits per heavy atom. The number of hydrogen-bond acceptors (Lipinski definition) is 5. The second-order valence-corrected chi connectivity index (χ2v) is 5.92. The molecule has 1 fully saturated rings. The average molecular weight is 343 g/mol. The van der Waals surface area contributed by atoms with Crippen molar-refractivity contribution in [2.45, 2.75) is 25.3 Å². The largest absolute Gasteiger partial charge is 0.493 e. The summed E-state index contributed by atoms with van der Waals surface area (Å²) in [5, 5.41) is 7.16. The molecule has 1 heterocycles. The number of ether oxygens (including phenoxy) is 2. The Hall–Kier alpha value is -2.83. The Balaban J connectivity index is 1.61. The maximum Gasteiger partial charge on any atom is 0.266 e. The third-order valence-corrected chi connectivity index (χ3v) is 4.14. The van der Waals surface area contributed by atoms with E-state index >= 15 is 0 Å². The third kappa shape index (κ3) is 3.99. The average Bonchev–Trinajstić information content (AvgIpc) is 3.47. The molecule has 0 atom stereocenters. The molecule has 1 aromatic heterocycles. The van der Waals surface area contributed by atoms with E-state index < -0.39 is 0 Å². The van der Waals surface area contributed by atoms with Crippen LogP contribution in [0.2, 0.25) is 0 Å². The summed E-state index contributed by atoms with van der Waals surface area (Å²) in [5.74, 6) is 1.29. The van der Waals surface area contributed by atoms with Crippen LogP contribution in [0.3, 0.4) is 0 Å². The first-order valence-electron chi connectivity index (χ1n) is 8.20. The van der Waals surface area contributed by atoms with Crippen LogP contribution in [-0.2, 0) is 6.54 Å². The molecule has 1 amide bonds. The number of carbonyl (C=O) groups excluding carboxylic acids is 1. The summed E-state index contributed by atoms with van der Waals surface area (Å²) in [5.41, 5.74) is 1.25. The summed E-state index contributed by atoms with van der Waals surface area (Å²) in [4.78, 5) is 24.1. The molecule has 0 unspecified atom stereocenters. The number of hydrogen-bond donors (Lipinski definition) is 1. The van der Waals surface area contributed by atoms with Crippen LogP contribution in [0.25, 0.3) is 0 Å². The van der Waals surface area contributed by atoms with E-state index in [-0.39, 0.29) is 11.5 Å². The minimum absolute atomic E-state index is 0.162. The lowest BCUT2D eigenvalue weighted by Gasteiger charge is -2.10. The van der Waals surface area contributed by atoms with Gasteiger partial charge < -0.3 is 14.8 Å². The Morgan fingerprint density at radius 1 is 1.20 bits per heavy atom. The molecule has 132 valence electrons. The van der Waals surface area contributed by atoms with E-state index in [9.17, 15) is 9.59 Å². The Kier molecular flexibility index (Phi) is 5.02. The zero-order valence-electron chi connectivity index (χ0n) is 14.3. The molecule has 0 saturated heterocycles. The fourth-order valence-corrected chi connectivity index (χ4v) is 2.58. The monoisotopic (exact) mass is 343 g/mol. The number of carbonyl (C=O) groups is 1. The zero-order valence-corrected chi connectivity index (χ0v) is 14.3. The molecule has 1 aliphatic rings. The molecule has 1 aliphatic carbocycles. The number of nitrogens with one attached hydrogen (secondary N) is 1. The molecule has 0 aliphatic heterocycles. The Bertz CT molecular complexity index is 827. The van der Waals surface area contributed by atoms with Gasteiger partial charge >= 0.3 is 0 Å². The molecule has 1 aromatic carbocycles. The summed E-state index contributed by atoms with van der Waals surface area (Å²) < 4.78 is 11.8. The second-order valence-electron chi connectivity index (χ2n) is 5.92. The van der Waals surface area contributed by atoms with Gasteiger partial charge in [-0.05, 0) is 37.1 Å². The van der Waals surface area contributed by atoms with Crippen LogP contribution in [0.5, 0.6) is 11.5 Å². The normalized spacial score (nSPS) is 13.4. The molecule has 3 rings (SSSR count). The molecule has 0 bridgehead atoms. The highest BCUT2D eigenvalue weighted by molar-refractivity contribution is 5.94. The standard InChI is InChI=1S/C18H21N3O4/c1-24-15-7-5-13(11-16(15)25-2)18(23)19-9-10-21-17(22)8-6-14(20-21)12-3-4-12/h5-8,11-12H,3-4,9-10H2,1-2H3,(H,19,23). The van der Waals surface area contributed by atoms with Crippen LogP contribution < -0.4 is 20.3 Å². The molecule has 25 heavy (non-hydrogen) atoms. The lowest BCUT2D eigenvalue weighted by molar-refractivity contribution is 0.0951. The van der Waals surface area contributed by atoms with E-state index in [0.717, 1.165) is 18.5 Å². The van der Waals surface area contributed by atoms with E-state index in [1.165, 1.54) is 25.0 Å². The zero-order chi connectivity index (χ0) is 17.8. The first-order chi connectivity index (χ1) is 12.1. The van der Waals surface area contributed by atoms with Crippen LogP contribution >= 0.6 is 0 Å². The van der Waals surface area contributed by atoms with Crippen LogP contribution in [0, 0.1) is 0 Å². The maximum absolute atomic E-state index is 12.3. The number of benzene rings is 1. The van der Waals surface area contributed by atoms with E-state index in [4.69, 9.17) is 9.47 Å². The molecule has 1 N–H and O–H groups in total. The lowest BCUT2D eigenvalue weighted by atomic mass is 10.2. The van der Waals surface area contributed by atoms with E-state index in [2.05, 4.69) is 10.4 Å². The van der Waals surface area contributed by atoms with Gasteiger partial charge in [0.15, 0.2) is 11.5 Å². The summed E-state index contributed by atoms with van der Waals surface area (Å²) in [6, 6.07) is 8.29. The highest BCUT2D eigenvalue weighted by Crippen LogP contribution is 2.38. The van der Waals surface area contributed by atoms with Crippen molar-refractivity contribution in [3.8, 4) is 11.5 Å². The fraction of sp³-hybridized carbons (Fsp3) is 0.389. The molecule has 7 nitrogen and oxygen atoms in total. The maximum atomic E-state index is 12.3. The van der Waals surface area contributed by atoms with Gasteiger partial charge in [-0.2, -0.15) is 5.10 Å². The highest BCUT2D eigenvalue weighted by Gasteiger charge is 2.25. The van der Waals surface area contributed by atoms with Crippen molar-refractivity contribution >= 4 is 5.91 Å². The number of methoxy groups -OCH3 is 2. The minimum Gasteiger partial charge on any atom is -0.493 e. The lowest BCUT2D eigenvalue weighted by Crippen LogP contribution is -2.32. The SMILES string of the molecule is COc1ccc(C(=O)NCCn2nc(C3CC3)ccc2=O)cc1OC. The molecule has 2 aromatic rings. The number of rotatable bonds is 7. The van der Waals surface area contributed by atoms with Gasteiger partial charge in [0.25, 0.3) is 11.5 Å². The second kappa shape index (κ2) is 7.38. The van der Waals surface area contributed by atoms with Gasteiger partial charge in [-0.25, -0.2) is 4.68 Å². The van der Waals surface area contributed by atoms with Gasteiger partial charge in [0.1, 0.15) is 0 Å². The van der Waals surface area contributed by atoms with Crippen LogP contribution in [-0.4, -0.2) is 36.5 Å². The van der Waals surface area contributed by atoms with Gasteiger partial charge in [-0.1, -0.05) is 0 Å². The van der Waals surface area contributed by atoms with Crippen molar-refractivity contribution in [1.29, 1.82) is 0 Å². The minimum atomic E-state index is -0.243. The summed E-state index contributed by atoms with van der Waals surface area (Å²) in [7, 11) is 3.06. The molecule has 1 saturated carbocycles. The smallest absolute Gasteiger partial charge is 0.266 e. The predicted octanol–water partition coefficient (Wildman–Crippen LogP) is 1.57. The Labute approximate surface area is 145 Å². The van der Waals surface area contributed by atoms with Crippen LogP contribution in [0.15, 0.2) is 35.1 Å². The number of nitrogens with zero attached hydrogens (tertiary/aromatic N) is 2. The van der Waals surface area contributed by atoms with Crippen molar-refractivity contribution in [1.82, 2.24) is 15.1 Å². The van der Waals surface area contributed by atoms with Crippen molar-refractivity contribution in [2.75, 3.05) is 20.8 Å². The van der Waals surface area contributed by atoms with Crippen LogP contribution in [0.4, 0.5) is 0 Å². The van der Waals surface area contributed by atoms with Gasteiger partial charge in [-0.15, -0.1) is 0 Å². The van der Waals surface area contributed by atoms with E-state index in [0.29, 0.717) is 36.1 Å². The Morgan fingerprint density at radius 2 is 1.96 bits per heavy atom. The van der Waals surface area contributed by atoms with Gasteiger partial charge in [0, 0.05) is 24.1 Å². The first kappa shape index (κ1) is 17.0. The fourth-order valence-electron chi connectivity index (χ4n) is 2.58.